The van der Waals surface area contributed by atoms with Gasteiger partial charge in [-0.15, -0.1) is 0 Å². The number of aryl methyl sites for hydroxylation is 1. The molecule has 0 saturated carbocycles. The van der Waals surface area contributed by atoms with E-state index in [1.807, 2.05) is 38.1 Å². The molecule has 0 aliphatic carbocycles. The van der Waals surface area contributed by atoms with Crippen LogP contribution in [0.5, 0.6) is 0 Å². The van der Waals surface area contributed by atoms with Crippen molar-refractivity contribution < 1.29 is 4.79 Å². The Morgan fingerprint density at radius 3 is 2.55 bits per heavy atom. The Hall–Kier alpha value is -2.56. The maximum atomic E-state index is 12.4. The van der Waals surface area contributed by atoms with Crippen LogP contribution >= 0.6 is 0 Å². The van der Waals surface area contributed by atoms with Crippen molar-refractivity contribution in [2.75, 3.05) is 18.9 Å². The molecule has 2 rings (SSSR count). The predicted molar refractivity (Wildman–Crippen MR) is 88.3 cm³/mol. The van der Waals surface area contributed by atoms with Crippen molar-refractivity contribution in [1.82, 2.24) is 9.47 Å². The number of nitrogens with one attached hydrogen (secondary N) is 1. The molecule has 2 aromatic rings. The Morgan fingerprint density at radius 2 is 1.91 bits per heavy atom. The number of carbonyl (C=O) groups is 1. The van der Waals surface area contributed by atoms with Crippen LogP contribution in [0.2, 0.25) is 0 Å². The van der Waals surface area contributed by atoms with Crippen LogP contribution < -0.4 is 10.9 Å². The number of hydrogen-bond donors (Lipinski definition) is 1. The topological polar surface area (TPSA) is 54.3 Å². The van der Waals surface area contributed by atoms with E-state index in [1.165, 1.54) is 10.5 Å². The first kappa shape index (κ1) is 15.8. The van der Waals surface area contributed by atoms with Crippen LogP contribution in [0.25, 0.3) is 0 Å². The summed E-state index contributed by atoms with van der Waals surface area (Å²) in [5, 5.41) is 2.65. The molecule has 0 bridgehead atoms. The van der Waals surface area contributed by atoms with Gasteiger partial charge in [-0.2, -0.15) is 0 Å². The molecule has 0 aliphatic rings. The van der Waals surface area contributed by atoms with Crippen molar-refractivity contribution >= 4 is 11.7 Å². The highest BCUT2D eigenvalue weighted by Crippen LogP contribution is 2.06. The van der Waals surface area contributed by atoms with E-state index in [9.17, 15) is 9.59 Å². The fourth-order valence-electron chi connectivity index (χ4n) is 2.00. The van der Waals surface area contributed by atoms with E-state index >= 15 is 0 Å². The Bertz CT molecular complexity index is 705. The Labute approximate surface area is 130 Å². The Balaban J connectivity index is 2.20. The molecule has 0 fully saturated rings. The first-order chi connectivity index (χ1) is 10.5. The first-order valence-electron chi connectivity index (χ1n) is 7.28. The van der Waals surface area contributed by atoms with Gasteiger partial charge in [0.25, 0.3) is 5.56 Å². The molecule has 0 unspecified atom stereocenters. The lowest BCUT2D eigenvalue weighted by Crippen LogP contribution is -2.34. The quantitative estimate of drug-likeness (QED) is 0.943. The second-order valence-corrected chi connectivity index (χ2v) is 5.28. The van der Waals surface area contributed by atoms with Gasteiger partial charge < -0.3 is 14.8 Å². The van der Waals surface area contributed by atoms with Crippen molar-refractivity contribution in [3.05, 3.63) is 64.1 Å². The third-order valence-electron chi connectivity index (χ3n) is 3.56. The predicted octanol–water partition coefficient (Wildman–Crippen LogP) is 2.69. The van der Waals surface area contributed by atoms with Crippen LogP contribution in [-0.4, -0.2) is 29.1 Å². The second kappa shape index (κ2) is 6.93. The molecule has 0 radical (unpaired) electrons. The molecule has 0 atom stereocenters. The molecule has 0 spiro atoms. The van der Waals surface area contributed by atoms with Gasteiger partial charge in [-0.25, -0.2) is 4.79 Å². The summed E-state index contributed by atoms with van der Waals surface area (Å²) >= 11 is 0. The van der Waals surface area contributed by atoms with Crippen molar-refractivity contribution in [3.63, 3.8) is 0 Å². The number of urea groups is 1. The fourth-order valence-corrected chi connectivity index (χ4v) is 2.00. The normalized spacial score (nSPS) is 10.3. The summed E-state index contributed by atoms with van der Waals surface area (Å²) < 4.78 is 1.59. The average molecular weight is 299 g/mol. The number of nitrogens with zero attached hydrogens (tertiary/aromatic N) is 2. The minimum absolute atomic E-state index is 0.207. The molecule has 22 heavy (non-hydrogen) atoms. The summed E-state index contributed by atoms with van der Waals surface area (Å²) in [5.74, 6) is 0. The zero-order chi connectivity index (χ0) is 16.1. The molecule has 1 heterocycles. The van der Waals surface area contributed by atoms with Crippen LogP contribution in [-0.2, 0) is 6.54 Å². The number of benzene rings is 1. The molecule has 5 nitrogen and oxygen atoms in total. The van der Waals surface area contributed by atoms with E-state index in [0.29, 0.717) is 18.8 Å². The lowest BCUT2D eigenvalue weighted by Gasteiger charge is -2.16. The van der Waals surface area contributed by atoms with Crippen LogP contribution in [0.3, 0.4) is 0 Å². The smallest absolute Gasteiger partial charge is 0.321 e. The third-order valence-corrected chi connectivity index (χ3v) is 3.56. The van der Waals surface area contributed by atoms with Crippen LogP contribution in [0, 0.1) is 6.92 Å². The van der Waals surface area contributed by atoms with Gasteiger partial charge in [-0.1, -0.05) is 29.8 Å². The summed E-state index contributed by atoms with van der Waals surface area (Å²) in [7, 11) is 1.68. The third kappa shape index (κ3) is 3.75. The maximum Gasteiger partial charge on any atom is 0.321 e. The van der Waals surface area contributed by atoms with Gasteiger partial charge >= 0.3 is 6.03 Å². The molecule has 1 N–H and O–H groups in total. The lowest BCUT2D eigenvalue weighted by atomic mass is 10.1. The van der Waals surface area contributed by atoms with E-state index in [4.69, 9.17) is 0 Å². The van der Waals surface area contributed by atoms with Crippen LogP contribution in [0.1, 0.15) is 18.1 Å². The molecule has 116 valence electrons. The lowest BCUT2D eigenvalue weighted by molar-refractivity contribution is 0.224. The molecule has 0 saturated heterocycles. The van der Waals surface area contributed by atoms with E-state index in [2.05, 4.69) is 5.32 Å². The van der Waals surface area contributed by atoms with Gasteiger partial charge in [0, 0.05) is 19.8 Å². The number of anilines is 1. The summed E-state index contributed by atoms with van der Waals surface area (Å²) in [6.45, 7) is 4.96. The highest BCUT2D eigenvalue weighted by Gasteiger charge is 2.10. The van der Waals surface area contributed by atoms with E-state index in [0.717, 1.165) is 5.56 Å². The molecular weight excluding hydrogens is 278 g/mol. The van der Waals surface area contributed by atoms with Crippen LogP contribution in [0.15, 0.2) is 47.4 Å². The van der Waals surface area contributed by atoms with Crippen molar-refractivity contribution in [1.29, 1.82) is 0 Å². The maximum absolute atomic E-state index is 12.4. The van der Waals surface area contributed by atoms with Gasteiger partial charge in [-0.05, 0) is 31.5 Å². The number of hydrogen-bond acceptors (Lipinski definition) is 2. The summed E-state index contributed by atoms with van der Waals surface area (Å²) in [5.41, 5.74) is 2.31. The number of carbonyl (C=O) groups excluding carboxylic acids is 1. The number of amides is 2. The minimum atomic E-state index is -0.285. The zero-order valence-electron chi connectivity index (χ0n) is 13.2. The molecular formula is C17H21N3O2. The van der Waals surface area contributed by atoms with Gasteiger partial charge in [0.1, 0.15) is 5.69 Å². The largest absolute Gasteiger partial charge is 0.328 e. The fraction of sp³-hybridized carbons (Fsp3) is 0.294. The molecule has 5 heteroatoms. The second-order valence-electron chi connectivity index (χ2n) is 5.28. The SMILES string of the molecule is CCN(C)C(=O)Nc1cccn(Cc2ccc(C)cc2)c1=O. The molecule has 1 aromatic carbocycles. The van der Waals surface area contributed by atoms with Crippen molar-refractivity contribution in [3.8, 4) is 0 Å². The highest BCUT2D eigenvalue weighted by molar-refractivity contribution is 5.88. The van der Waals surface area contributed by atoms with Gasteiger partial charge in [0.2, 0.25) is 0 Å². The summed E-state index contributed by atoms with van der Waals surface area (Å²) in [6.07, 6.45) is 1.72. The Kier molecular flexibility index (Phi) is 4.99. The van der Waals surface area contributed by atoms with E-state index in [-0.39, 0.29) is 11.6 Å². The monoisotopic (exact) mass is 299 g/mol. The summed E-state index contributed by atoms with van der Waals surface area (Å²) in [4.78, 5) is 25.8. The molecule has 0 aliphatic heterocycles. The molecule has 1 aromatic heterocycles. The summed E-state index contributed by atoms with van der Waals surface area (Å²) in [6, 6.07) is 11.1. The van der Waals surface area contributed by atoms with Gasteiger partial charge in [0.05, 0.1) is 6.54 Å². The standard InChI is InChI=1S/C17H21N3O2/c1-4-19(3)17(22)18-15-6-5-11-20(16(15)21)12-14-9-7-13(2)8-10-14/h5-11H,4,12H2,1-3H3,(H,18,22). The zero-order valence-corrected chi connectivity index (χ0v) is 13.2. The minimum Gasteiger partial charge on any atom is -0.328 e. The van der Waals surface area contributed by atoms with Gasteiger partial charge in [-0.3, -0.25) is 4.79 Å². The number of rotatable bonds is 4. The van der Waals surface area contributed by atoms with E-state index < -0.39 is 0 Å². The highest BCUT2D eigenvalue weighted by atomic mass is 16.2. The van der Waals surface area contributed by atoms with E-state index in [1.54, 1.807) is 29.9 Å². The van der Waals surface area contributed by atoms with Crippen LogP contribution in [0.4, 0.5) is 10.5 Å². The Morgan fingerprint density at radius 1 is 1.23 bits per heavy atom. The van der Waals surface area contributed by atoms with Crippen molar-refractivity contribution in [2.45, 2.75) is 20.4 Å². The number of pyridine rings is 1. The van der Waals surface area contributed by atoms with Gasteiger partial charge in [0.15, 0.2) is 0 Å². The molecule has 2 amide bonds. The first-order valence-corrected chi connectivity index (χ1v) is 7.28. The average Bonchev–Trinajstić information content (AvgIpc) is 2.52. The van der Waals surface area contributed by atoms with Crippen molar-refractivity contribution in [2.24, 2.45) is 0 Å². The number of aromatic nitrogens is 1.